The van der Waals surface area contributed by atoms with Gasteiger partial charge in [0.25, 0.3) is 0 Å². The first-order valence-corrected chi connectivity index (χ1v) is 8.55. The van der Waals surface area contributed by atoms with Gasteiger partial charge in [-0.1, -0.05) is 45.1 Å². The van der Waals surface area contributed by atoms with E-state index in [1.54, 1.807) is 12.2 Å². The Hall–Kier alpha value is -2.03. The van der Waals surface area contributed by atoms with Gasteiger partial charge in [-0.3, -0.25) is 0 Å². The third-order valence-corrected chi connectivity index (χ3v) is 4.97. The average Bonchev–Trinajstić information content (AvgIpc) is 2.57. The van der Waals surface area contributed by atoms with E-state index in [0.29, 0.717) is 0 Å². The predicted octanol–water partition coefficient (Wildman–Crippen LogP) is 3.71. The molecule has 2 fully saturated rings. The minimum atomic E-state index is -0.981. The Bertz CT molecular complexity index is 481. The molecule has 0 aliphatic heterocycles. The number of isocyanates is 2. The van der Waals surface area contributed by atoms with Gasteiger partial charge in [0.05, 0.1) is 11.1 Å². The third-order valence-electron chi connectivity index (χ3n) is 4.97. The van der Waals surface area contributed by atoms with E-state index < -0.39 is 5.97 Å². The standard InChI is InChI=1S/C15H22N2O2.C3H4O2/c18-12-16-14(7-3-1-4-8-14)11-15(17-13-19)9-5-2-6-10-15;1-2-3(4)5/h1-11H2;2H,1H2,(H,4,5). The first-order chi connectivity index (χ1) is 11.5. The Morgan fingerprint density at radius 3 is 1.50 bits per heavy atom. The first kappa shape index (κ1) is 20.0. The number of hydrogen-bond acceptors (Lipinski definition) is 5. The SMILES string of the molecule is C=CC(=O)O.O=C=NC1(CC2(N=C=O)CCCCC2)CCCCC1. The zero-order valence-electron chi connectivity index (χ0n) is 14.1. The van der Waals surface area contributed by atoms with Gasteiger partial charge < -0.3 is 5.11 Å². The maximum Gasteiger partial charge on any atom is 0.327 e. The molecule has 2 aliphatic rings. The van der Waals surface area contributed by atoms with E-state index in [4.69, 9.17) is 5.11 Å². The molecule has 0 atom stereocenters. The number of nitrogens with zero attached hydrogens (tertiary/aromatic N) is 2. The summed E-state index contributed by atoms with van der Waals surface area (Å²) in [5.41, 5.74) is -0.643. The van der Waals surface area contributed by atoms with Crippen LogP contribution in [-0.4, -0.2) is 34.3 Å². The third kappa shape index (κ3) is 6.23. The molecule has 0 aromatic carbocycles. The van der Waals surface area contributed by atoms with E-state index in [0.717, 1.165) is 63.9 Å². The van der Waals surface area contributed by atoms with Crippen LogP contribution in [0.3, 0.4) is 0 Å². The fourth-order valence-corrected chi connectivity index (χ4v) is 3.88. The number of carboxylic acids is 1. The van der Waals surface area contributed by atoms with Gasteiger partial charge >= 0.3 is 5.97 Å². The van der Waals surface area contributed by atoms with Crippen molar-refractivity contribution in [3.63, 3.8) is 0 Å². The fraction of sp³-hybridized carbons (Fsp3) is 0.722. The molecule has 0 amide bonds. The molecule has 1 N–H and O–H groups in total. The van der Waals surface area contributed by atoms with Crippen molar-refractivity contribution >= 4 is 18.1 Å². The molecule has 0 radical (unpaired) electrons. The molecule has 2 rings (SSSR count). The summed E-state index contributed by atoms with van der Waals surface area (Å²) in [6.07, 6.45) is 15.6. The highest BCUT2D eigenvalue weighted by Gasteiger charge is 2.43. The van der Waals surface area contributed by atoms with Gasteiger partial charge in [0.15, 0.2) is 0 Å². The summed E-state index contributed by atoms with van der Waals surface area (Å²) in [6.45, 7) is 2.96. The van der Waals surface area contributed by atoms with Crippen molar-refractivity contribution in [2.45, 2.75) is 81.7 Å². The Balaban J connectivity index is 0.000000505. The summed E-state index contributed by atoms with van der Waals surface area (Å²) in [7, 11) is 0. The number of aliphatic imine (C=N–C) groups is 2. The largest absolute Gasteiger partial charge is 0.478 e. The zero-order valence-corrected chi connectivity index (χ0v) is 14.1. The number of carboxylic acid groups (broad SMARTS) is 1. The van der Waals surface area contributed by atoms with Crippen LogP contribution in [0.15, 0.2) is 22.6 Å². The maximum atomic E-state index is 10.8. The van der Waals surface area contributed by atoms with Crippen LogP contribution < -0.4 is 0 Å². The van der Waals surface area contributed by atoms with Crippen molar-refractivity contribution in [3.8, 4) is 0 Å². The molecule has 0 aromatic heterocycles. The summed E-state index contributed by atoms with van der Waals surface area (Å²) in [6, 6.07) is 0. The van der Waals surface area contributed by atoms with Crippen molar-refractivity contribution in [2.24, 2.45) is 9.98 Å². The van der Waals surface area contributed by atoms with Crippen LogP contribution in [0.1, 0.15) is 70.6 Å². The lowest BCUT2D eigenvalue weighted by atomic mass is 9.69. The van der Waals surface area contributed by atoms with Crippen molar-refractivity contribution < 1.29 is 19.5 Å². The van der Waals surface area contributed by atoms with Crippen molar-refractivity contribution in [2.75, 3.05) is 0 Å². The summed E-state index contributed by atoms with van der Waals surface area (Å²) >= 11 is 0. The molecule has 24 heavy (non-hydrogen) atoms. The molecule has 0 spiro atoms. The summed E-state index contributed by atoms with van der Waals surface area (Å²) in [5, 5.41) is 7.60. The van der Waals surface area contributed by atoms with E-state index in [9.17, 15) is 14.4 Å². The second-order valence-corrected chi connectivity index (χ2v) is 6.70. The van der Waals surface area contributed by atoms with Crippen molar-refractivity contribution in [3.05, 3.63) is 12.7 Å². The summed E-state index contributed by atoms with van der Waals surface area (Å²) in [4.78, 5) is 39.1. The molecule has 0 unspecified atom stereocenters. The van der Waals surface area contributed by atoms with Gasteiger partial charge in [-0.15, -0.1) is 0 Å². The van der Waals surface area contributed by atoms with Gasteiger partial charge in [0.1, 0.15) is 0 Å². The lowest BCUT2D eigenvalue weighted by Crippen LogP contribution is -2.41. The Morgan fingerprint density at radius 1 is 0.917 bits per heavy atom. The smallest absolute Gasteiger partial charge is 0.327 e. The number of rotatable bonds is 5. The average molecular weight is 334 g/mol. The van der Waals surface area contributed by atoms with Crippen LogP contribution in [0.5, 0.6) is 0 Å². The minimum absolute atomic E-state index is 0.322. The number of hydrogen-bond donors (Lipinski definition) is 1. The minimum Gasteiger partial charge on any atom is -0.478 e. The van der Waals surface area contributed by atoms with E-state index >= 15 is 0 Å². The molecule has 6 heteroatoms. The van der Waals surface area contributed by atoms with Crippen LogP contribution >= 0.6 is 0 Å². The van der Waals surface area contributed by atoms with Crippen LogP contribution in [0, 0.1) is 0 Å². The van der Waals surface area contributed by atoms with E-state index in [1.807, 2.05) is 0 Å². The second-order valence-electron chi connectivity index (χ2n) is 6.70. The monoisotopic (exact) mass is 334 g/mol. The zero-order chi connectivity index (χ0) is 17.9. The van der Waals surface area contributed by atoms with E-state index in [1.165, 1.54) is 12.8 Å². The molecule has 2 saturated carbocycles. The molecule has 6 nitrogen and oxygen atoms in total. The summed E-state index contributed by atoms with van der Waals surface area (Å²) < 4.78 is 0. The number of carbonyl (C=O) groups excluding carboxylic acids is 2. The topological polar surface area (TPSA) is 96.2 Å². The molecule has 2 aliphatic carbocycles. The highest BCUT2D eigenvalue weighted by Crippen LogP contribution is 2.44. The van der Waals surface area contributed by atoms with Gasteiger partial charge in [0, 0.05) is 6.08 Å². The van der Waals surface area contributed by atoms with Gasteiger partial charge in [-0.2, -0.15) is 9.98 Å². The van der Waals surface area contributed by atoms with E-state index in [-0.39, 0.29) is 11.1 Å². The molecule has 0 saturated heterocycles. The molecule has 0 heterocycles. The van der Waals surface area contributed by atoms with Crippen molar-refractivity contribution in [1.82, 2.24) is 0 Å². The van der Waals surface area contributed by atoms with E-state index in [2.05, 4.69) is 16.6 Å². The fourth-order valence-electron chi connectivity index (χ4n) is 3.88. The van der Waals surface area contributed by atoms with Gasteiger partial charge in [-0.05, 0) is 32.1 Å². The predicted molar refractivity (Wildman–Crippen MR) is 90.3 cm³/mol. The maximum absolute atomic E-state index is 10.8. The lowest BCUT2D eigenvalue weighted by molar-refractivity contribution is -0.131. The Kier molecular flexibility index (Phi) is 8.31. The first-order valence-electron chi connectivity index (χ1n) is 8.55. The second kappa shape index (κ2) is 9.96. The summed E-state index contributed by atoms with van der Waals surface area (Å²) in [5.74, 6) is -0.981. The molecular formula is C18H26N2O4. The van der Waals surface area contributed by atoms with Gasteiger partial charge in [0.2, 0.25) is 12.2 Å². The Morgan fingerprint density at radius 2 is 1.25 bits per heavy atom. The number of aliphatic carboxylic acids is 1. The molecular weight excluding hydrogens is 308 g/mol. The highest BCUT2D eigenvalue weighted by molar-refractivity contribution is 5.78. The van der Waals surface area contributed by atoms with Gasteiger partial charge in [-0.25, -0.2) is 14.4 Å². The quantitative estimate of drug-likeness (QED) is 0.471. The molecule has 0 bridgehead atoms. The molecule has 0 aromatic rings. The lowest BCUT2D eigenvalue weighted by Gasteiger charge is -2.41. The van der Waals surface area contributed by atoms with Crippen LogP contribution in [0.25, 0.3) is 0 Å². The Labute approximate surface area is 142 Å². The highest BCUT2D eigenvalue weighted by atomic mass is 16.4. The van der Waals surface area contributed by atoms with Crippen molar-refractivity contribution in [1.29, 1.82) is 0 Å². The van der Waals surface area contributed by atoms with Crippen LogP contribution in [0.4, 0.5) is 0 Å². The number of carbonyl (C=O) groups is 1. The van der Waals surface area contributed by atoms with Crippen LogP contribution in [0.2, 0.25) is 0 Å². The molecule has 132 valence electrons. The van der Waals surface area contributed by atoms with Crippen LogP contribution in [-0.2, 0) is 14.4 Å². The normalized spacial score (nSPS) is 21.0.